The van der Waals surface area contributed by atoms with Gasteiger partial charge in [0.2, 0.25) is 0 Å². The number of fused-ring (bicyclic) bond motifs is 1. The lowest BCUT2D eigenvalue weighted by Crippen LogP contribution is -2.06. The van der Waals surface area contributed by atoms with E-state index in [4.69, 9.17) is 0 Å². The van der Waals surface area contributed by atoms with Gasteiger partial charge in [0, 0.05) is 24.5 Å². The monoisotopic (exact) mass is 269 g/mol. The highest BCUT2D eigenvalue weighted by atomic mass is 16.3. The van der Waals surface area contributed by atoms with Gasteiger partial charge in [0.05, 0.1) is 25.2 Å². The molecular formula is C16H19N3O. The lowest BCUT2D eigenvalue weighted by molar-refractivity contribution is 0.282. The van der Waals surface area contributed by atoms with E-state index in [1.165, 1.54) is 11.2 Å². The summed E-state index contributed by atoms with van der Waals surface area (Å²) in [6.45, 7) is 4.08. The Kier molecular flexibility index (Phi) is 3.56. The van der Waals surface area contributed by atoms with Crippen LogP contribution in [0.15, 0.2) is 43.0 Å². The van der Waals surface area contributed by atoms with E-state index in [1.807, 2.05) is 24.7 Å². The quantitative estimate of drug-likeness (QED) is 0.774. The van der Waals surface area contributed by atoms with Gasteiger partial charge in [0.25, 0.3) is 0 Å². The second-order valence-corrected chi connectivity index (χ2v) is 5.07. The normalized spacial score (nSPS) is 11.3. The van der Waals surface area contributed by atoms with Crippen LogP contribution in [0.3, 0.4) is 0 Å². The number of aryl methyl sites for hydroxylation is 1. The Labute approximate surface area is 118 Å². The van der Waals surface area contributed by atoms with E-state index in [9.17, 15) is 5.11 Å². The molecule has 4 heteroatoms. The summed E-state index contributed by atoms with van der Waals surface area (Å²) in [4.78, 5) is 4.25. The minimum absolute atomic E-state index is 0.0877. The Balaban J connectivity index is 1.92. The number of rotatable bonds is 5. The molecule has 0 aliphatic carbocycles. The number of aliphatic hydroxyl groups is 1. The van der Waals surface area contributed by atoms with Crippen molar-refractivity contribution in [2.75, 3.05) is 0 Å². The summed E-state index contributed by atoms with van der Waals surface area (Å²) in [5, 5.41) is 10.4. The average Bonchev–Trinajstić information content (AvgIpc) is 3.07. The lowest BCUT2D eigenvalue weighted by atomic mass is 10.2. The Morgan fingerprint density at radius 3 is 2.90 bits per heavy atom. The molecule has 0 aliphatic heterocycles. The molecule has 1 aromatic carbocycles. The van der Waals surface area contributed by atoms with Crippen LogP contribution in [0.5, 0.6) is 0 Å². The fraction of sp³-hybridized carbons (Fsp3) is 0.312. The molecule has 0 fully saturated rings. The third kappa shape index (κ3) is 2.34. The van der Waals surface area contributed by atoms with Crippen molar-refractivity contribution in [1.82, 2.24) is 14.1 Å². The number of aromatic nitrogens is 3. The topological polar surface area (TPSA) is 43.0 Å². The number of hydrogen-bond acceptors (Lipinski definition) is 2. The van der Waals surface area contributed by atoms with Crippen LogP contribution in [0.2, 0.25) is 0 Å². The lowest BCUT2D eigenvalue weighted by Gasteiger charge is -2.09. The molecule has 0 aliphatic rings. The Hall–Kier alpha value is -2.07. The molecule has 1 N–H and O–H groups in total. The first kappa shape index (κ1) is 12.9. The standard InChI is InChI=1S/C16H19N3O/c1-2-6-19-12-17-9-15(19)10-18-7-5-14-8-13(11-20)3-4-16(14)18/h3-5,7-9,12,20H,2,6,10-11H2,1H3. The van der Waals surface area contributed by atoms with Gasteiger partial charge in [-0.25, -0.2) is 4.98 Å². The minimum atomic E-state index is 0.0877. The molecule has 3 rings (SSSR count). The summed E-state index contributed by atoms with van der Waals surface area (Å²) in [6.07, 6.45) is 7.03. The van der Waals surface area contributed by atoms with Crippen LogP contribution in [0.4, 0.5) is 0 Å². The van der Waals surface area contributed by atoms with Crippen molar-refractivity contribution in [3.05, 3.63) is 54.2 Å². The van der Waals surface area contributed by atoms with Crippen molar-refractivity contribution in [2.45, 2.75) is 33.0 Å². The van der Waals surface area contributed by atoms with Gasteiger partial charge in [0.15, 0.2) is 0 Å². The molecule has 0 amide bonds. The van der Waals surface area contributed by atoms with Gasteiger partial charge in [-0.2, -0.15) is 0 Å². The highest BCUT2D eigenvalue weighted by molar-refractivity contribution is 5.80. The van der Waals surface area contributed by atoms with E-state index in [1.54, 1.807) is 0 Å². The van der Waals surface area contributed by atoms with Gasteiger partial charge in [0.1, 0.15) is 0 Å². The van der Waals surface area contributed by atoms with Crippen molar-refractivity contribution in [3.63, 3.8) is 0 Å². The maximum atomic E-state index is 9.19. The van der Waals surface area contributed by atoms with Gasteiger partial charge < -0.3 is 14.2 Å². The van der Waals surface area contributed by atoms with Gasteiger partial charge in [-0.05, 0) is 35.6 Å². The summed E-state index contributed by atoms with van der Waals surface area (Å²) in [5.41, 5.74) is 3.35. The molecule has 0 saturated carbocycles. The van der Waals surface area contributed by atoms with E-state index in [0.717, 1.165) is 30.5 Å². The van der Waals surface area contributed by atoms with Crippen molar-refractivity contribution < 1.29 is 5.11 Å². The van der Waals surface area contributed by atoms with Gasteiger partial charge >= 0.3 is 0 Å². The second-order valence-electron chi connectivity index (χ2n) is 5.07. The molecule has 0 unspecified atom stereocenters. The number of aliphatic hydroxyl groups excluding tert-OH is 1. The molecule has 4 nitrogen and oxygen atoms in total. The molecule has 2 aromatic heterocycles. The SMILES string of the molecule is CCCn1cncc1Cn1ccc2cc(CO)ccc21. The molecule has 0 spiro atoms. The van der Waals surface area contributed by atoms with E-state index < -0.39 is 0 Å². The molecular weight excluding hydrogens is 250 g/mol. The zero-order valence-corrected chi connectivity index (χ0v) is 11.7. The number of hydrogen-bond donors (Lipinski definition) is 1. The summed E-state index contributed by atoms with van der Waals surface area (Å²) >= 11 is 0. The van der Waals surface area contributed by atoms with Crippen LogP contribution < -0.4 is 0 Å². The first-order valence-electron chi connectivity index (χ1n) is 6.99. The van der Waals surface area contributed by atoms with E-state index in [2.05, 4.69) is 39.4 Å². The van der Waals surface area contributed by atoms with E-state index in [-0.39, 0.29) is 6.61 Å². The summed E-state index contributed by atoms with van der Waals surface area (Å²) in [7, 11) is 0. The van der Waals surface area contributed by atoms with Crippen LogP contribution in [0.25, 0.3) is 10.9 Å². The third-order valence-corrected chi connectivity index (χ3v) is 3.61. The largest absolute Gasteiger partial charge is 0.392 e. The predicted molar refractivity (Wildman–Crippen MR) is 79.5 cm³/mol. The fourth-order valence-electron chi connectivity index (χ4n) is 2.58. The van der Waals surface area contributed by atoms with Crippen molar-refractivity contribution in [2.24, 2.45) is 0 Å². The zero-order chi connectivity index (χ0) is 13.9. The smallest absolute Gasteiger partial charge is 0.0948 e. The molecule has 104 valence electrons. The van der Waals surface area contributed by atoms with Crippen LogP contribution >= 0.6 is 0 Å². The Morgan fingerprint density at radius 2 is 2.10 bits per heavy atom. The minimum Gasteiger partial charge on any atom is -0.392 e. The van der Waals surface area contributed by atoms with Crippen LogP contribution in [-0.2, 0) is 19.7 Å². The van der Waals surface area contributed by atoms with Gasteiger partial charge in [-0.3, -0.25) is 0 Å². The molecule has 0 bridgehead atoms. The van der Waals surface area contributed by atoms with Crippen molar-refractivity contribution in [1.29, 1.82) is 0 Å². The predicted octanol–water partition coefficient (Wildman–Crippen LogP) is 2.79. The summed E-state index contributed by atoms with van der Waals surface area (Å²) in [6, 6.07) is 8.17. The van der Waals surface area contributed by atoms with Crippen molar-refractivity contribution >= 4 is 10.9 Å². The maximum Gasteiger partial charge on any atom is 0.0948 e. The molecule has 3 aromatic rings. The maximum absolute atomic E-state index is 9.19. The van der Waals surface area contributed by atoms with Gasteiger partial charge in [-0.1, -0.05) is 13.0 Å². The first-order chi connectivity index (χ1) is 9.81. The fourth-order valence-corrected chi connectivity index (χ4v) is 2.58. The van der Waals surface area contributed by atoms with Gasteiger partial charge in [-0.15, -0.1) is 0 Å². The highest BCUT2D eigenvalue weighted by Gasteiger charge is 2.06. The number of imidazole rings is 1. The van der Waals surface area contributed by atoms with Crippen LogP contribution in [0.1, 0.15) is 24.6 Å². The zero-order valence-electron chi connectivity index (χ0n) is 11.7. The van der Waals surface area contributed by atoms with Crippen LogP contribution in [0, 0.1) is 0 Å². The van der Waals surface area contributed by atoms with Crippen LogP contribution in [-0.4, -0.2) is 19.2 Å². The van der Waals surface area contributed by atoms with E-state index in [0.29, 0.717) is 0 Å². The summed E-state index contributed by atoms with van der Waals surface area (Å²) < 4.78 is 4.42. The highest BCUT2D eigenvalue weighted by Crippen LogP contribution is 2.19. The van der Waals surface area contributed by atoms with Crippen molar-refractivity contribution in [3.8, 4) is 0 Å². The number of nitrogens with zero attached hydrogens (tertiary/aromatic N) is 3. The summed E-state index contributed by atoms with van der Waals surface area (Å²) in [5.74, 6) is 0. The number of benzene rings is 1. The third-order valence-electron chi connectivity index (χ3n) is 3.61. The van der Waals surface area contributed by atoms with E-state index >= 15 is 0 Å². The molecule has 2 heterocycles. The average molecular weight is 269 g/mol. The molecule has 20 heavy (non-hydrogen) atoms. The second kappa shape index (κ2) is 5.51. The molecule has 0 radical (unpaired) electrons. The Morgan fingerprint density at radius 1 is 1.20 bits per heavy atom. The molecule has 0 saturated heterocycles. The Bertz CT molecular complexity index is 711. The first-order valence-corrected chi connectivity index (χ1v) is 6.99. The molecule has 0 atom stereocenters.